The lowest BCUT2D eigenvalue weighted by atomic mass is 9.42. The Bertz CT molecular complexity index is 3910. The first-order valence-corrected chi connectivity index (χ1v) is 25.9. The quantitative estimate of drug-likeness (QED) is 0.141. The van der Waals surface area contributed by atoms with Gasteiger partial charge in [0.25, 0.3) is 0 Å². The molecule has 0 radical (unpaired) electrons. The Hall–Kier alpha value is -9.12. The summed E-state index contributed by atoms with van der Waals surface area (Å²) in [7, 11) is 0. The molecule has 0 fully saturated rings. The van der Waals surface area contributed by atoms with Gasteiger partial charge >= 0.3 is 6.85 Å². The summed E-state index contributed by atoms with van der Waals surface area (Å²) in [4.78, 5) is 7.69. The van der Waals surface area contributed by atoms with E-state index in [2.05, 4.69) is 296 Å². The number of hydrogen-bond acceptors (Lipinski definition) is 3. The fraction of sp³-hybridized carbons (Fsp3) is 0.0571. The number of nitrogens with zero attached hydrogens (tertiary/aromatic N) is 3. The minimum absolute atomic E-state index is 0.231. The highest BCUT2D eigenvalue weighted by atomic mass is 15.2. The number of rotatable bonds is 8. The maximum absolute atomic E-state index is 2.67. The molecular formula is C70H52BN3. The third-order valence-corrected chi connectivity index (χ3v) is 15.9. The van der Waals surface area contributed by atoms with Crippen molar-refractivity contribution >= 4 is 63.3 Å². The number of benzene rings is 11. The first kappa shape index (κ1) is 43.7. The van der Waals surface area contributed by atoms with Crippen molar-refractivity contribution in [3.63, 3.8) is 0 Å². The lowest BCUT2D eigenvalue weighted by Gasteiger charge is -2.47. The summed E-state index contributed by atoms with van der Waals surface area (Å²) in [5.41, 5.74) is 27.7. The van der Waals surface area contributed by atoms with Crippen LogP contribution in [0.4, 0.5) is 45.5 Å². The van der Waals surface area contributed by atoms with E-state index >= 15 is 0 Å². The third kappa shape index (κ3) is 6.90. The molecule has 11 aromatic rings. The summed E-state index contributed by atoms with van der Waals surface area (Å²) >= 11 is 0. The normalized spacial score (nSPS) is 13.4. The molecule has 0 saturated carbocycles. The molecule has 3 nitrogen and oxygen atoms in total. The van der Waals surface area contributed by atoms with E-state index in [9.17, 15) is 0 Å². The van der Waals surface area contributed by atoms with Crippen molar-refractivity contribution in [3.05, 3.63) is 278 Å². The Morgan fingerprint density at radius 3 is 1.51 bits per heavy atom. The van der Waals surface area contributed by atoms with E-state index in [-0.39, 0.29) is 12.3 Å². The molecule has 2 aliphatic heterocycles. The Labute approximate surface area is 435 Å². The van der Waals surface area contributed by atoms with Gasteiger partial charge in [-0.05, 0) is 170 Å². The summed E-state index contributed by atoms with van der Waals surface area (Å²) in [6.45, 7) is 6.91. The van der Waals surface area contributed by atoms with Gasteiger partial charge in [0.15, 0.2) is 0 Å². The Kier molecular flexibility index (Phi) is 10.2. The van der Waals surface area contributed by atoms with Crippen LogP contribution in [0, 0.1) is 6.92 Å². The number of hydrogen-bond donors (Lipinski definition) is 0. The highest BCUT2D eigenvalue weighted by Gasteiger charge is 2.50. The molecule has 0 saturated heterocycles. The fourth-order valence-corrected chi connectivity index (χ4v) is 12.5. The first-order chi connectivity index (χ1) is 36.4. The van der Waals surface area contributed by atoms with Gasteiger partial charge in [-0.15, -0.1) is 0 Å². The predicted octanol–water partition coefficient (Wildman–Crippen LogP) is 17.5. The third-order valence-electron chi connectivity index (χ3n) is 15.9. The Morgan fingerprint density at radius 2 is 0.892 bits per heavy atom. The second-order valence-electron chi connectivity index (χ2n) is 20.5. The van der Waals surface area contributed by atoms with Gasteiger partial charge in [-0.2, -0.15) is 0 Å². The van der Waals surface area contributed by atoms with Crippen LogP contribution in [0.25, 0.3) is 55.6 Å². The molecule has 4 heteroatoms. The molecule has 0 N–H and O–H groups in total. The maximum Gasteiger partial charge on any atom is 0.333 e. The second kappa shape index (κ2) is 17.3. The van der Waals surface area contributed by atoms with Gasteiger partial charge < -0.3 is 14.6 Å². The van der Waals surface area contributed by atoms with E-state index in [0.29, 0.717) is 0 Å². The molecule has 0 unspecified atom stereocenters. The Balaban J connectivity index is 1.12. The molecule has 1 aliphatic carbocycles. The van der Waals surface area contributed by atoms with Crippen molar-refractivity contribution in [3.8, 4) is 55.6 Å². The highest BCUT2D eigenvalue weighted by molar-refractivity contribution is 6.94. The SMILES string of the molecule is Cc1cc(-c2ccccc2)ccc1N1c2ccc(N(c3ccccc3)c3ccccc3)cc2B2c3c1cc1c(c3-c3cc(-c4ccccc4)ccc3N2c2cccc(-c3ccccc3)c2)-c2ccccc2C1(C)C. The predicted molar refractivity (Wildman–Crippen MR) is 313 cm³/mol. The van der Waals surface area contributed by atoms with Crippen LogP contribution >= 0.6 is 0 Å². The van der Waals surface area contributed by atoms with Crippen molar-refractivity contribution in [2.75, 3.05) is 14.6 Å². The minimum Gasteiger partial charge on any atom is -0.376 e. The molecule has 0 spiro atoms. The van der Waals surface area contributed by atoms with Crippen molar-refractivity contribution in [2.45, 2.75) is 26.2 Å². The van der Waals surface area contributed by atoms with Crippen LogP contribution in [0.2, 0.25) is 0 Å². The minimum atomic E-state index is -0.265. The van der Waals surface area contributed by atoms with Crippen molar-refractivity contribution in [1.29, 1.82) is 0 Å². The van der Waals surface area contributed by atoms with Crippen molar-refractivity contribution in [1.82, 2.24) is 0 Å². The van der Waals surface area contributed by atoms with Crippen molar-refractivity contribution < 1.29 is 0 Å². The molecule has 0 atom stereocenters. The average molecular weight is 946 g/mol. The van der Waals surface area contributed by atoms with Gasteiger partial charge in [0.2, 0.25) is 0 Å². The summed E-state index contributed by atoms with van der Waals surface area (Å²) in [6.07, 6.45) is 0. The zero-order valence-electron chi connectivity index (χ0n) is 41.7. The molecule has 350 valence electrons. The monoisotopic (exact) mass is 945 g/mol. The molecule has 0 amide bonds. The number of para-hydroxylation sites is 2. The van der Waals surface area contributed by atoms with E-state index in [4.69, 9.17) is 0 Å². The molecular weight excluding hydrogens is 894 g/mol. The number of anilines is 8. The molecule has 11 aromatic carbocycles. The zero-order valence-corrected chi connectivity index (χ0v) is 41.7. The molecule has 74 heavy (non-hydrogen) atoms. The van der Waals surface area contributed by atoms with Crippen molar-refractivity contribution in [2.24, 2.45) is 0 Å². The van der Waals surface area contributed by atoms with Crippen LogP contribution < -0.4 is 25.5 Å². The molecule has 0 aromatic heterocycles. The molecule has 2 heterocycles. The fourth-order valence-electron chi connectivity index (χ4n) is 12.5. The highest BCUT2D eigenvalue weighted by Crippen LogP contribution is 2.58. The molecule has 0 bridgehead atoms. The second-order valence-corrected chi connectivity index (χ2v) is 20.5. The Morgan fingerprint density at radius 1 is 0.365 bits per heavy atom. The van der Waals surface area contributed by atoms with Crippen LogP contribution in [0.3, 0.4) is 0 Å². The van der Waals surface area contributed by atoms with E-state index in [1.807, 2.05) is 0 Å². The average Bonchev–Trinajstić information content (AvgIpc) is 3.76. The van der Waals surface area contributed by atoms with Crippen LogP contribution in [0.1, 0.15) is 30.5 Å². The topological polar surface area (TPSA) is 9.72 Å². The lowest BCUT2D eigenvalue weighted by molar-refractivity contribution is 0.660. The van der Waals surface area contributed by atoms with Crippen LogP contribution in [-0.4, -0.2) is 6.85 Å². The number of fused-ring (bicyclic) bond motifs is 8. The maximum atomic E-state index is 2.67. The van der Waals surface area contributed by atoms with E-state index in [1.165, 1.54) is 94.6 Å². The molecule has 14 rings (SSSR count). The number of aryl methyl sites for hydroxylation is 1. The molecule has 3 aliphatic rings. The summed E-state index contributed by atoms with van der Waals surface area (Å²) in [6, 6.07) is 96.6. The van der Waals surface area contributed by atoms with Crippen LogP contribution in [-0.2, 0) is 5.41 Å². The van der Waals surface area contributed by atoms with Gasteiger partial charge in [0.05, 0.1) is 0 Å². The van der Waals surface area contributed by atoms with Gasteiger partial charge in [-0.1, -0.05) is 190 Å². The van der Waals surface area contributed by atoms with E-state index in [0.717, 1.165) is 34.1 Å². The van der Waals surface area contributed by atoms with Crippen LogP contribution in [0.5, 0.6) is 0 Å². The van der Waals surface area contributed by atoms with Gasteiger partial charge in [-0.25, -0.2) is 0 Å². The lowest BCUT2D eigenvalue weighted by Crippen LogP contribution is -2.62. The summed E-state index contributed by atoms with van der Waals surface area (Å²) in [5.74, 6) is 0. The van der Waals surface area contributed by atoms with Gasteiger partial charge in [0, 0.05) is 56.5 Å². The van der Waals surface area contributed by atoms with E-state index < -0.39 is 0 Å². The summed E-state index contributed by atoms with van der Waals surface area (Å²) < 4.78 is 0. The van der Waals surface area contributed by atoms with Gasteiger partial charge in [-0.3, -0.25) is 0 Å². The van der Waals surface area contributed by atoms with Crippen LogP contribution in [0.15, 0.2) is 261 Å². The van der Waals surface area contributed by atoms with E-state index in [1.54, 1.807) is 0 Å². The smallest absolute Gasteiger partial charge is 0.333 e. The zero-order chi connectivity index (χ0) is 49.5. The standard InChI is InChI=1S/C70H52BN3/c1-47-42-52(49-24-11-5-12-25-49)36-39-63(47)73-65-41-38-56(72(54-29-15-7-16-30-54)55-31-17-8-18-32-55)45-62(65)71-69-66(73)46-61-67(58-34-19-20-35-60(58)70(61,2)3)68(69)59-44-53(50-26-13-6-14-27-50)37-40-64(59)74(71)57-33-21-28-51(43-57)48-22-9-4-10-23-48/h4-46H,1-3H3. The largest absolute Gasteiger partial charge is 0.376 e. The van der Waals surface area contributed by atoms with Gasteiger partial charge in [0.1, 0.15) is 0 Å². The summed E-state index contributed by atoms with van der Waals surface area (Å²) in [5, 5.41) is 0. The first-order valence-electron chi connectivity index (χ1n) is 25.9.